The Morgan fingerprint density at radius 1 is 1.19 bits per heavy atom. The summed E-state index contributed by atoms with van der Waals surface area (Å²) in [5.41, 5.74) is 0. The molecule has 0 aliphatic rings. The molecule has 0 saturated carbocycles. The molecule has 0 heterocycles. The molecule has 1 aromatic rings. The Labute approximate surface area is 98.6 Å². The second-order valence-electron chi connectivity index (χ2n) is 3.75. The van der Waals surface area contributed by atoms with Crippen molar-refractivity contribution < 1.29 is 14.4 Å². The van der Waals surface area contributed by atoms with Gasteiger partial charge >= 0.3 is 0 Å². The number of benzene rings is 1. The monoisotopic (exact) mass is 242 g/mol. The van der Waals surface area contributed by atoms with Crippen LogP contribution in [0.1, 0.15) is 19.8 Å². The highest BCUT2D eigenvalue weighted by molar-refractivity contribution is 7.85. The Hall–Kier alpha value is -0.710. The fourth-order valence-corrected chi connectivity index (χ4v) is 2.61. The molecule has 0 saturated heterocycles. The van der Waals surface area contributed by atoms with Crippen LogP contribution in [0.3, 0.4) is 0 Å². The van der Waals surface area contributed by atoms with Crippen molar-refractivity contribution in [1.29, 1.82) is 0 Å². The van der Waals surface area contributed by atoms with Gasteiger partial charge < -0.3 is 10.2 Å². The molecule has 0 amide bonds. The summed E-state index contributed by atoms with van der Waals surface area (Å²) in [5, 5.41) is 19.2. The molecular weight excluding hydrogens is 224 g/mol. The molecule has 0 spiro atoms. The van der Waals surface area contributed by atoms with Gasteiger partial charge in [-0.1, -0.05) is 31.5 Å². The summed E-state index contributed by atoms with van der Waals surface area (Å²) in [4.78, 5) is 0.685. The lowest BCUT2D eigenvalue weighted by atomic mass is 10.1. The first-order valence-corrected chi connectivity index (χ1v) is 6.76. The van der Waals surface area contributed by atoms with Crippen LogP contribution in [-0.2, 0) is 10.8 Å². The van der Waals surface area contributed by atoms with Crippen molar-refractivity contribution in [3.8, 4) is 0 Å². The van der Waals surface area contributed by atoms with Crippen LogP contribution in [0.2, 0.25) is 0 Å². The predicted molar refractivity (Wildman–Crippen MR) is 64.6 cm³/mol. The van der Waals surface area contributed by atoms with Crippen LogP contribution < -0.4 is 0 Å². The fraction of sp³-hybridized carbons (Fsp3) is 0.500. The summed E-state index contributed by atoms with van der Waals surface area (Å²) < 4.78 is 11.8. The van der Waals surface area contributed by atoms with Gasteiger partial charge in [0.15, 0.2) is 0 Å². The molecule has 1 rings (SSSR count). The summed E-state index contributed by atoms with van der Waals surface area (Å²) in [6.45, 7) is 1.93. The van der Waals surface area contributed by atoms with E-state index in [1.165, 1.54) is 0 Å². The smallest absolute Gasteiger partial charge is 0.0917 e. The third-order valence-electron chi connectivity index (χ3n) is 2.36. The van der Waals surface area contributed by atoms with E-state index in [0.29, 0.717) is 11.3 Å². The molecule has 3 atom stereocenters. The molecule has 1 aromatic carbocycles. The topological polar surface area (TPSA) is 57.5 Å². The molecule has 0 unspecified atom stereocenters. The molecule has 0 radical (unpaired) electrons. The van der Waals surface area contributed by atoms with E-state index in [1.54, 1.807) is 12.1 Å². The SMILES string of the molecule is CCC[C@@H](O)[C@@H](O)C[S@@](=O)c1ccccc1. The number of rotatable bonds is 6. The first kappa shape index (κ1) is 13.4. The van der Waals surface area contributed by atoms with Crippen LogP contribution in [0.25, 0.3) is 0 Å². The van der Waals surface area contributed by atoms with E-state index in [9.17, 15) is 14.4 Å². The average Bonchev–Trinajstić information content (AvgIpc) is 2.30. The fourth-order valence-electron chi connectivity index (χ4n) is 1.42. The van der Waals surface area contributed by atoms with Gasteiger partial charge in [-0.2, -0.15) is 0 Å². The van der Waals surface area contributed by atoms with Crippen molar-refractivity contribution in [2.24, 2.45) is 0 Å². The molecule has 4 heteroatoms. The highest BCUT2D eigenvalue weighted by Gasteiger charge is 2.18. The van der Waals surface area contributed by atoms with E-state index >= 15 is 0 Å². The minimum atomic E-state index is -1.25. The van der Waals surface area contributed by atoms with Gasteiger partial charge in [-0.25, -0.2) is 0 Å². The van der Waals surface area contributed by atoms with Gasteiger partial charge in [-0.05, 0) is 18.6 Å². The Morgan fingerprint density at radius 3 is 2.38 bits per heavy atom. The largest absolute Gasteiger partial charge is 0.390 e. The molecular formula is C12H18O3S. The lowest BCUT2D eigenvalue weighted by Gasteiger charge is -2.16. The van der Waals surface area contributed by atoms with Crippen molar-refractivity contribution >= 4 is 10.8 Å². The second kappa shape index (κ2) is 6.78. The molecule has 0 fully saturated rings. The van der Waals surface area contributed by atoms with Gasteiger partial charge in [-0.3, -0.25) is 4.21 Å². The van der Waals surface area contributed by atoms with E-state index in [1.807, 2.05) is 25.1 Å². The quantitative estimate of drug-likeness (QED) is 0.791. The van der Waals surface area contributed by atoms with E-state index in [0.717, 1.165) is 6.42 Å². The molecule has 16 heavy (non-hydrogen) atoms. The van der Waals surface area contributed by atoms with Crippen LogP contribution in [0, 0.1) is 0 Å². The first-order valence-electron chi connectivity index (χ1n) is 5.44. The molecule has 0 aromatic heterocycles. The number of aliphatic hydroxyl groups excluding tert-OH is 2. The molecule has 0 aliphatic heterocycles. The Kier molecular flexibility index (Phi) is 5.66. The lowest BCUT2D eigenvalue weighted by molar-refractivity contribution is 0.0282. The Balaban J connectivity index is 2.52. The van der Waals surface area contributed by atoms with E-state index in [-0.39, 0.29) is 5.75 Å². The van der Waals surface area contributed by atoms with Crippen molar-refractivity contribution in [2.45, 2.75) is 36.9 Å². The zero-order valence-electron chi connectivity index (χ0n) is 9.37. The maximum atomic E-state index is 11.8. The Morgan fingerprint density at radius 2 is 1.81 bits per heavy atom. The summed E-state index contributed by atoms with van der Waals surface area (Å²) in [5.74, 6) is 0.0885. The van der Waals surface area contributed by atoms with Crippen molar-refractivity contribution in [2.75, 3.05) is 5.75 Å². The van der Waals surface area contributed by atoms with Crippen LogP contribution in [-0.4, -0.2) is 32.4 Å². The highest BCUT2D eigenvalue weighted by Crippen LogP contribution is 2.10. The summed E-state index contributed by atoms with van der Waals surface area (Å²) in [6, 6.07) is 8.98. The van der Waals surface area contributed by atoms with Crippen LogP contribution in [0.5, 0.6) is 0 Å². The minimum Gasteiger partial charge on any atom is -0.390 e. The van der Waals surface area contributed by atoms with Crippen molar-refractivity contribution in [1.82, 2.24) is 0 Å². The minimum absolute atomic E-state index is 0.0885. The number of aliphatic hydroxyl groups is 2. The predicted octanol–water partition coefficient (Wildman–Crippen LogP) is 1.32. The number of hydrogen-bond donors (Lipinski definition) is 2. The lowest BCUT2D eigenvalue weighted by Crippen LogP contribution is -2.31. The van der Waals surface area contributed by atoms with E-state index in [2.05, 4.69) is 0 Å². The Bertz CT molecular complexity index is 326. The van der Waals surface area contributed by atoms with Crippen LogP contribution in [0.4, 0.5) is 0 Å². The van der Waals surface area contributed by atoms with Gasteiger partial charge in [0.2, 0.25) is 0 Å². The maximum Gasteiger partial charge on any atom is 0.0917 e. The van der Waals surface area contributed by atoms with Gasteiger partial charge in [0.1, 0.15) is 0 Å². The maximum absolute atomic E-state index is 11.8. The molecule has 0 aliphatic carbocycles. The molecule has 2 N–H and O–H groups in total. The highest BCUT2D eigenvalue weighted by atomic mass is 32.2. The second-order valence-corrected chi connectivity index (χ2v) is 5.24. The van der Waals surface area contributed by atoms with Crippen LogP contribution in [0.15, 0.2) is 35.2 Å². The zero-order chi connectivity index (χ0) is 12.0. The molecule has 90 valence electrons. The molecule has 0 bridgehead atoms. The van der Waals surface area contributed by atoms with Gasteiger partial charge in [0.25, 0.3) is 0 Å². The van der Waals surface area contributed by atoms with Gasteiger partial charge in [0.05, 0.1) is 28.8 Å². The standard InChI is InChI=1S/C12H18O3S/c1-2-6-11(13)12(14)9-16(15)10-7-4-3-5-8-10/h3-5,7-8,11-14H,2,6,9H2,1H3/t11-,12+,16-/m1/s1. The van der Waals surface area contributed by atoms with Crippen molar-refractivity contribution in [3.05, 3.63) is 30.3 Å². The van der Waals surface area contributed by atoms with Crippen molar-refractivity contribution in [3.63, 3.8) is 0 Å². The zero-order valence-corrected chi connectivity index (χ0v) is 10.2. The summed E-state index contributed by atoms with van der Waals surface area (Å²) in [6.07, 6.45) is -0.359. The summed E-state index contributed by atoms with van der Waals surface area (Å²) >= 11 is 0. The van der Waals surface area contributed by atoms with E-state index < -0.39 is 23.0 Å². The third kappa shape index (κ3) is 4.04. The normalized spacial score (nSPS) is 16.7. The molecule has 3 nitrogen and oxygen atoms in total. The van der Waals surface area contributed by atoms with Crippen LogP contribution >= 0.6 is 0 Å². The van der Waals surface area contributed by atoms with Gasteiger partial charge in [-0.15, -0.1) is 0 Å². The van der Waals surface area contributed by atoms with Gasteiger partial charge in [0, 0.05) is 4.90 Å². The number of hydrogen-bond acceptors (Lipinski definition) is 3. The van der Waals surface area contributed by atoms with E-state index in [4.69, 9.17) is 0 Å². The first-order chi connectivity index (χ1) is 7.65. The third-order valence-corrected chi connectivity index (χ3v) is 3.80. The summed E-state index contributed by atoms with van der Waals surface area (Å²) in [7, 11) is -1.25. The average molecular weight is 242 g/mol.